The van der Waals surface area contributed by atoms with E-state index in [1.807, 2.05) is 23.0 Å². The summed E-state index contributed by atoms with van der Waals surface area (Å²) in [7, 11) is 0. The van der Waals surface area contributed by atoms with Gasteiger partial charge in [-0.05, 0) is 24.3 Å². The lowest BCUT2D eigenvalue weighted by Crippen LogP contribution is -1.82. The van der Waals surface area contributed by atoms with E-state index in [1.165, 1.54) is 12.8 Å². The van der Waals surface area contributed by atoms with E-state index in [2.05, 4.69) is 12.1 Å². The van der Waals surface area contributed by atoms with Gasteiger partial charge in [0.1, 0.15) is 0 Å². The second kappa shape index (κ2) is 5.77. The minimum atomic E-state index is 0.827. The molecule has 0 amide bonds. The minimum Gasteiger partial charge on any atom is -0.356 e. The molecule has 0 saturated carbocycles. The Bertz CT molecular complexity index is 218. The Morgan fingerprint density at radius 3 is 3.25 bits per heavy atom. The van der Waals surface area contributed by atoms with Crippen LogP contribution in [0.25, 0.3) is 0 Å². The maximum atomic E-state index is 5.07. The molecule has 0 atom stereocenters. The number of hydrogen-bond acceptors (Lipinski definition) is 3. The summed E-state index contributed by atoms with van der Waals surface area (Å²) in [5.74, 6) is 0.827. The smallest absolute Gasteiger partial charge is 0.168 e. The van der Waals surface area contributed by atoms with Crippen molar-refractivity contribution in [2.45, 2.75) is 26.2 Å². The summed E-state index contributed by atoms with van der Waals surface area (Å²) in [6.45, 7) is 2.16. The second-order valence-electron chi connectivity index (χ2n) is 2.48. The largest absolute Gasteiger partial charge is 0.356 e. The molecule has 0 bridgehead atoms. The lowest BCUT2D eigenvalue weighted by Gasteiger charge is -1.91. The number of thiophene rings is 1. The van der Waals surface area contributed by atoms with E-state index < -0.39 is 0 Å². The predicted octanol–water partition coefficient (Wildman–Crippen LogP) is 3.30. The summed E-state index contributed by atoms with van der Waals surface area (Å²) >= 11 is 1.61. The molecule has 1 aromatic heterocycles. The fourth-order valence-electron chi connectivity index (χ4n) is 0.750. The van der Waals surface area contributed by atoms with Crippen molar-refractivity contribution in [3.63, 3.8) is 0 Å². The Morgan fingerprint density at radius 1 is 1.67 bits per heavy atom. The first-order valence-electron chi connectivity index (χ1n) is 4.14. The van der Waals surface area contributed by atoms with Crippen LogP contribution in [-0.2, 0) is 0 Å². The SMILES string of the molecule is CCCCC=NOc1ccsc1. The van der Waals surface area contributed by atoms with Gasteiger partial charge in [0, 0.05) is 11.6 Å². The average molecular weight is 183 g/mol. The van der Waals surface area contributed by atoms with Gasteiger partial charge in [0.05, 0.1) is 0 Å². The third-order valence-corrected chi connectivity index (χ3v) is 2.08. The van der Waals surface area contributed by atoms with Crippen LogP contribution < -0.4 is 4.84 Å². The van der Waals surface area contributed by atoms with Crippen LogP contribution in [0.3, 0.4) is 0 Å². The lowest BCUT2D eigenvalue weighted by atomic mass is 10.3. The molecule has 66 valence electrons. The Kier molecular flexibility index (Phi) is 4.46. The van der Waals surface area contributed by atoms with E-state index in [4.69, 9.17) is 4.84 Å². The molecule has 0 aromatic carbocycles. The average Bonchev–Trinajstić information content (AvgIpc) is 2.57. The maximum Gasteiger partial charge on any atom is 0.168 e. The summed E-state index contributed by atoms with van der Waals surface area (Å²) < 4.78 is 0. The van der Waals surface area contributed by atoms with Crippen molar-refractivity contribution in [2.75, 3.05) is 0 Å². The molecule has 0 aliphatic carbocycles. The van der Waals surface area contributed by atoms with Crippen LogP contribution >= 0.6 is 11.3 Å². The summed E-state index contributed by atoms with van der Waals surface area (Å²) in [6.07, 6.45) is 5.20. The van der Waals surface area contributed by atoms with Gasteiger partial charge < -0.3 is 4.84 Å². The first-order chi connectivity index (χ1) is 5.93. The number of unbranched alkanes of at least 4 members (excludes halogenated alkanes) is 2. The van der Waals surface area contributed by atoms with E-state index in [-0.39, 0.29) is 0 Å². The number of oxime groups is 1. The second-order valence-corrected chi connectivity index (χ2v) is 3.26. The molecule has 0 radical (unpaired) electrons. The molecule has 2 nitrogen and oxygen atoms in total. The molecular formula is C9H13NOS. The normalized spacial score (nSPS) is 10.8. The standard InChI is InChI=1S/C9H13NOS/c1-2-3-4-6-10-11-9-5-7-12-8-9/h5-8H,2-4H2,1H3. The Balaban J connectivity index is 2.13. The summed E-state index contributed by atoms with van der Waals surface area (Å²) in [5, 5.41) is 7.73. The van der Waals surface area contributed by atoms with Crippen molar-refractivity contribution in [3.8, 4) is 5.75 Å². The molecule has 0 spiro atoms. The van der Waals surface area contributed by atoms with Gasteiger partial charge in [-0.25, -0.2) is 0 Å². The summed E-state index contributed by atoms with van der Waals surface area (Å²) in [6, 6.07) is 1.90. The van der Waals surface area contributed by atoms with Crippen molar-refractivity contribution < 1.29 is 4.84 Å². The molecule has 1 aromatic rings. The van der Waals surface area contributed by atoms with Crippen molar-refractivity contribution >= 4 is 17.6 Å². The predicted molar refractivity (Wildman–Crippen MR) is 53.0 cm³/mol. The van der Waals surface area contributed by atoms with Crippen LogP contribution in [0.1, 0.15) is 26.2 Å². The van der Waals surface area contributed by atoms with E-state index in [0.29, 0.717) is 0 Å². The highest BCUT2D eigenvalue weighted by Gasteiger charge is 1.88. The quantitative estimate of drug-likeness (QED) is 0.390. The highest BCUT2D eigenvalue weighted by atomic mass is 32.1. The molecule has 1 heterocycles. The van der Waals surface area contributed by atoms with E-state index in [0.717, 1.165) is 12.2 Å². The fraction of sp³-hybridized carbons (Fsp3) is 0.444. The van der Waals surface area contributed by atoms with Gasteiger partial charge in [0.25, 0.3) is 0 Å². The van der Waals surface area contributed by atoms with Crippen molar-refractivity contribution in [1.29, 1.82) is 0 Å². The molecule has 0 fully saturated rings. The van der Waals surface area contributed by atoms with E-state index in [1.54, 1.807) is 11.3 Å². The highest BCUT2D eigenvalue weighted by Crippen LogP contribution is 2.14. The Hall–Kier alpha value is -0.830. The molecule has 1 rings (SSSR count). The van der Waals surface area contributed by atoms with Crippen molar-refractivity contribution in [3.05, 3.63) is 16.8 Å². The maximum absolute atomic E-state index is 5.07. The number of rotatable bonds is 5. The van der Waals surface area contributed by atoms with E-state index >= 15 is 0 Å². The minimum absolute atomic E-state index is 0.827. The van der Waals surface area contributed by atoms with Crippen molar-refractivity contribution in [2.24, 2.45) is 5.16 Å². The lowest BCUT2D eigenvalue weighted by molar-refractivity contribution is 0.344. The molecule has 12 heavy (non-hydrogen) atoms. The van der Waals surface area contributed by atoms with Gasteiger partial charge in [-0.3, -0.25) is 0 Å². The molecule has 0 saturated heterocycles. The van der Waals surface area contributed by atoms with Crippen LogP contribution in [0.5, 0.6) is 5.75 Å². The summed E-state index contributed by atoms with van der Waals surface area (Å²) in [4.78, 5) is 5.07. The molecule has 0 aliphatic heterocycles. The first kappa shape index (κ1) is 9.26. The fourth-order valence-corrected chi connectivity index (χ4v) is 1.30. The van der Waals surface area contributed by atoms with Gasteiger partial charge in [-0.1, -0.05) is 18.5 Å². The van der Waals surface area contributed by atoms with Crippen LogP contribution in [-0.4, -0.2) is 6.21 Å². The molecule has 3 heteroatoms. The van der Waals surface area contributed by atoms with Crippen molar-refractivity contribution in [1.82, 2.24) is 0 Å². The van der Waals surface area contributed by atoms with Gasteiger partial charge in [0.2, 0.25) is 0 Å². The molecular weight excluding hydrogens is 170 g/mol. The van der Waals surface area contributed by atoms with E-state index in [9.17, 15) is 0 Å². The third-order valence-electron chi connectivity index (χ3n) is 1.41. The highest BCUT2D eigenvalue weighted by molar-refractivity contribution is 7.08. The molecule has 0 aliphatic rings. The number of nitrogens with zero attached hydrogens (tertiary/aromatic N) is 1. The molecule has 0 N–H and O–H groups in total. The molecule has 0 unspecified atom stereocenters. The Labute approximate surface area is 76.9 Å². The van der Waals surface area contributed by atoms with Crippen LogP contribution in [0.2, 0.25) is 0 Å². The van der Waals surface area contributed by atoms with Crippen LogP contribution in [0.4, 0.5) is 0 Å². The zero-order valence-corrected chi connectivity index (χ0v) is 8.01. The van der Waals surface area contributed by atoms with Gasteiger partial charge >= 0.3 is 0 Å². The van der Waals surface area contributed by atoms with Gasteiger partial charge in [0.15, 0.2) is 5.75 Å². The van der Waals surface area contributed by atoms with Gasteiger partial charge in [-0.15, -0.1) is 11.3 Å². The third kappa shape index (κ3) is 3.53. The van der Waals surface area contributed by atoms with Gasteiger partial charge in [-0.2, -0.15) is 0 Å². The number of hydrogen-bond donors (Lipinski definition) is 0. The zero-order valence-electron chi connectivity index (χ0n) is 7.19. The summed E-state index contributed by atoms with van der Waals surface area (Å²) in [5.41, 5.74) is 0. The Morgan fingerprint density at radius 2 is 2.58 bits per heavy atom. The topological polar surface area (TPSA) is 21.6 Å². The van der Waals surface area contributed by atoms with Crippen LogP contribution in [0.15, 0.2) is 22.0 Å². The first-order valence-corrected chi connectivity index (χ1v) is 5.09. The van der Waals surface area contributed by atoms with Crippen LogP contribution in [0, 0.1) is 0 Å². The zero-order chi connectivity index (χ0) is 8.65. The monoisotopic (exact) mass is 183 g/mol.